The number of rotatable bonds is 21. The van der Waals surface area contributed by atoms with Gasteiger partial charge in [0.05, 0.1) is 0 Å². The van der Waals surface area contributed by atoms with Gasteiger partial charge >= 0.3 is 0 Å². The van der Waals surface area contributed by atoms with Crippen molar-refractivity contribution in [1.29, 1.82) is 0 Å². The van der Waals surface area contributed by atoms with Gasteiger partial charge in [-0.3, -0.25) is 0 Å². The van der Waals surface area contributed by atoms with Gasteiger partial charge in [0, 0.05) is 4.86 Å². The van der Waals surface area contributed by atoms with E-state index < -0.39 is 0 Å². The van der Waals surface area contributed by atoms with E-state index in [-0.39, 0.29) is 0 Å². The molecule has 0 bridgehead atoms. The molecule has 0 aliphatic rings. The molecule has 2 aromatic rings. The molecule has 0 nitrogen and oxygen atoms in total. The highest BCUT2D eigenvalue weighted by Crippen LogP contribution is 2.29. The van der Waals surface area contributed by atoms with Crippen LogP contribution in [0.15, 0.2) is 54.6 Å². The summed E-state index contributed by atoms with van der Waals surface area (Å²) in [5.41, 5.74) is 3.81. The Morgan fingerprint density at radius 2 is 1.03 bits per heavy atom. The van der Waals surface area contributed by atoms with Gasteiger partial charge in [-0.25, -0.2) is 0 Å². The van der Waals surface area contributed by atoms with Crippen LogP contribution in [-0.2, 0) is 0 Å². The molecule has 0 amide bonds. The summed E-state index contributed by atoms with van der Waals surface area (Å²) in [4.78, 5) is 1.16. The Morgan fingerprint density at radius 3 is 1.54 bits per heavy atom. The van der Waals surface area contributed by atoms with Crippen LogP contribution in [0.5, 0.6) is 0 Å². The number of benzene rings is 2. The van der Waals surface area contributed by atoms with E-state index in [1.54, 1.807) is 0 Å². The molecule has 0 saturated carbocycles. The molecule has 0 heterocycles. The molecular weight excluding hydrogens is 440 g/mol. The maximum atomic E-state index is 6.04. The summed E-state index contributed by atoms with van der Waals surface area (Å²) in [6, 6.07) is 19.4. The van der Waals surface area contributed by atoms with Crippen molar-refractivity contribution in [1.82, 2.24) is 0 Å². The molecule has 0 aliphatic heterocycles. The second-order valence-electron chi connectivity index (χ2n) is 10.5. The lowest BCUT2D eigenvalue weighted by Gasteiger charge is -2.19. The van der Waals surface area contributed by atoms with E-state index in [0.29, 0.717) is 5.92 Å². The predicted molar refractivity (Wildman–Crippen MR) is 162 cm³/mol. The van der Waals surface area contributed by atoms with Crippen molar-refractivity contribution in [3.8, 4) is 11.1 Å². The Kier molecular flexibility index (Phi) is 16.7. The first-order valence-electron chi connectivity index (χ1n) is 15.0. The van der Waals surface area contributed by atoms with E-state index in [1.807, 2.05) is 0 Å². The highest BCUT2D eigenvalue weighted by molar-refractivity contribution is 7.80. The van der Waals surface area contributed by atoms with Crippen LogP contribution in [0.25, 0.3) is 11.1 Å². The van der Waals surface area contributed by atoms with Gasteiger partial charge in [0.25, 0.3) is 0 Å². The molecule has 0 saturated heterocycles. The predicted octanol–water partition coefficient (Wildman–Crippen LogP) is 11.7. The molecular formula is C34H52S. The fourth-order valence-corrected chi connectivity index (χ4v) is 5.71. The minimum Gasteiger partial charge on any atom is -0.0839 e. The molecule has 1 atom stereocenters. The highest BCUT2D eigenvalue weighted by atomic mass is 32.1. The van der Waals surface area contributed by atoms with E-state index in [1.165, 1.54) is 126 Å². The molecule has 2 aromatic carbocycles. The van der Waals surface area contributed by atoms with E-state index in [9.17, 15) is 0 Å². The Bertz CT molecular complexity index is 778. The lowest BCUT2D eigenvalue weighted by atomic mass is 9.87. The van der Waals surface area contributed by atoms with Crippen LogP contribution in [0, 0.1) is 5.92 Å². The summed E-state index contributed by atoms with van der Waals surface area (Å²) >= 11 is 6.04. The quantitative estimate of drug-likeness (QED) is 0.0948. The first kappa shape index (κ1) is 29.8. The first-order valence-corrected chi connectivity index (χ1v) is 15.4. The summed E-state index contributed by atoms with van der Waals surface area (Å²) < 4.78 is 0. The third kappa shape index (κ3) is 12.4. The molecule has 0 aliphatic carbocycles. The summed E-state index contributed by atoms with van der Waals surface area (Å²) in [7, 11) is 0. The van der Waals surface area contributed by atoms with Gasteiger partial charge in [0.1, 0.15) is 0 Å². The monoisotopic (exact) mass is 492 g/mol. The average molecular weight is 493 g/mol. The van der Waals surface area contributed by atoms with Crippen LogP contribution in [-0.4, -0.2) is 4.86 Å². The van der Waals surface area contributed by atoms with Crippen LogP contribution in [0.3, 0.4) is 0 Å². The summed E-state index contributed by atoms with van der Waals surface area (Å²) in [6.45, 7) is 4.60. The fourth-order valence-electron chi connectivity index (χ4n) is 5.25. The van der Waals surface area contributed by atoms with Gasteiger partial charge in [0.2, 0.25) is 0 Å². The number of unbranched alkanes of at least 4 members (excludes halogenated alkanes) is 15. The third-order valence-corrected chi connectivity index (χ3v) is 8.10. The Labute approximate surface area is 223 Å². The minimum atomic E-state index is 0.515. The van der Waals surface area contributed by atoms with Crippen molar-refractivity contribution in [2.45, 2.75) is 129 Å². The SMILES string of the molecule is CCCCCCCCCCCCCCCCCCC(CC)C(=S)c1ccccc1-c1ccccc1. The lowest BCUT2D eigenvalue weighted by Crippen LogP contribution is -2.14. The molecule has 0 aromatic heterocycles. The van der Waals surface area contributed by atoms with Crippen molar-refractivity contribution in [2.24, 2.45) is 5.92 Å². The van der Waals surface area contributed by atoms with E-state index in [0.717, 1.165) is 11.3 Å². The van der Waals surface area contributed by atoms with Crippen molar-refractivity contribution >= 4 is 17.1 Å². The minimum absolute atomic E-state index is 0.515. The normalized spacial score (nSPS) is 12.1. The van der Waals surface area contributed by atoms with Crippen molar-refractivity contribution in [3.05, 3.63) is 60.2 Å². The fraction of sp³-hybridized carbons (Fsp3) is 0.618. The van der Waals surface area contributed by atoms with E-state index in [2.05, 4.69) is 68.4 Å². The van der Waals surface area contributed by atoms with Crippen LogP contribution in [0.4, 0.5) is 0 Å². The lowest BCUT2D eigenvalue weighted by molar-refractivity contribution is 0.512. The van der Waals surface area contributed by atoms with Gasteiger partial charge in [-0.2, -0.15) is 0 Å². The molecule has 1 unspecified atom stereocenters. The molecule has 0 N–H and O–H groups in total. The standard InChI is InChI=1S/C34H52S/c1-3-5-6-7-8-9-10-11-12-13-14-15-16-17-18-20-25-30(4-2)34(35)33-29-24-23-28-32(33)31-26-21-19-22-27-31/h19,21-24,26-30H,3-18,20,25H2,1-2H3. The molecule has 0 spiro atoms. The van der Waals surface area contributed by atoms with Crippen LogP contribution >= 0.6 is 12.2 Å². The van der Waals surface area contributed by atoms with Crippen LogP contribution in [0.2, 0.25) is 0 Å². The number of hydrogen-bond donors (Lipinski definition) is 0. The van der Waals surface area contributed by atoms with Gasteiger partial charge in [-0.15, -0.1) is 0 Å². The average Bonchev–Trinajstić information content (AvgIpc) is 2.90. The number of thiocarbonyl (C=S) groups is 1. The van der Waals surface area contributed by atoms with Crippen molar-refractivity contribution in [2.75, 3.05) is 0 Å². The summed E-state index contributed by atoms with van der Waals surface area (Å²) in [6.07, 6.45) is 25.1. The van der Waals surface area contributed by atoms with Crippen LogP contribution in [0.1, 0.15) is 135 Å². The zero-order valence-corrected chi connectivity index (χ0v) is 23.7. The van der Waals surface area contributed by atoms with Gasteiger partial charge in [0.15, 0.2) is 0 Å². The number of hydrogen-bond acceptors (Lipinski definition) is 1. The van der Waals surface area contributed by atoms with Gasteiger partial charge in [-0.1, -0.05) is 183 Å². The Hall–Kier alpha value is -1.47. The largest absolute Gasteiger partial charge is 0.0839 e. The molecule has 0 fully saturated rings. The molecule has 0 radical (unpaired) electrons. The Morgan fingerprint density at radius 1 is 0.571 bits per heavy atom. The maximum absolute atomic E-state index is 6.04. The van der Waals surface area contributed by atoms with E-state index >= 15 is 0 Å². The zero-order valence-electron chi connectivity index (χ0n) is 22.9. The van der Waals surface area contributed by atoms with Gasteiger partial charge in [-0.05, 0) is 35.4 Å². The van der Waals surface area contributed by atoms with Crippen LogP contribution < -0.4 is 0 Å². The topological polar surface area (TPSA) is 0 Å². The molecule has 2 rings (SSSR count). The van der Waals surface area contributed by atoms with Crippen molar-refractivity contribution < 1.29 is 0 Å². The van der Waals surface area contributed by atoms with Gasteiger partial charge < -0.3 is 0 Å². The van der Waals surface area contributed by atoms with Crippen molar-refractivity contribution in [3.63, 3.8) is 0 Å². The second-order valence-corrected chi connectivity index (χ2v) is 10.9. The first-order chi connectivity index (χ1) is 17.3. The third-order valence-electron chi connectivity index (χ3n) is 7.55. The van der Waals surface area contributed by atoms with E-state index in [4.69, 9.17) is 12.2 Å². The highest BCUT2D eigenvalue weighted by Gasteiger charge is 2.17. The Balaban J connectivity index is 1.55. The second kappa shape index (κ2) is 19.7. The molecule has 194 valence electrons. The maximum Gasteiger partial charge on any atom is 0.0261 e. The summed E-state index contributed by atoms with van der Waals surface area (Å²) in [5.74, 6) is 0.515. The zero-order chi connectivity index (χ0) is 25.0. The smallest absolute Gasteiger partial charge is 0.0261 e. The molecule has 1 heteroatoms. The summed E-state index contributed by atoms with van der Waals surface area (Å²) in [5, 5.41) is 0. The molecule has 35 heavy (non-hydrogen) atoms.